The van der Waals surface area contributed by atoms with Crippen molar-refractivity contribution in [2.75, 3.05) is 0 Å². The highest BCUT2D eigenvalue weighted by molar-refractivity contribution is 7.82. The molecule has 3 aromatic rings. The Kier molecular flexibility index (Phi) is 10.2. The zero-order valence-corrected chi connectivity index (χ0v) is 18.8. The van der Waals surface area contributed by atoms with Crippen molar-refractivity contribution < 1.29 is 4.57 Å². The van der Waals surface area contributed by atoms with Crippen molar-refractivity contribution in [1.82, 2.24) is 4.98 Å². The molecule has 150 valence electrons. The molecular formula is C25H28NOPS. The molecular weight excluding hydrogens is 393 g/mol. The third kappa shape index (κ3) is 5.47. The van der Waals surface area contributed by atoms with Crippen LogP contribution in [0.25, 0.3) is 11.3 Å². The van der Waals surface area contributed by atoms with Gasteiger partial charge in [-0.3, -0.25) is 4.98 Å². The van der Waals surface area contributed by atoms with Gasteiger partial charge >= 0.3 is 0 Å². The lowest BCUT2D eigenvalue weighted by Gasteiger charge is -2.21. The number of pyridine rings is 1. The van der Waals surface area contributed by atoms with Crippen LogP contribution in [-0.2, 0) is 4.57 Å². The maximum atomic E-state index is 14.2. The predicted molar refractivity (Wildman–Crippen MR) is 133 cm³/mol. The molecule has 3 rings (SSSR count). The lowest BCUT2D eigenvalue weighted by molar-refractivity contribution is 0.591. The smallest absolute Gasteiger partial charge is 0.170 e. The number of rotatable bonds is 6. The van der Waals surface area contributed by atoms with Crippen LogP contribution < -0.4 is 10.6 Å². The number of nitrogens with zero attached hydrogens (tertiary/aromatic N) is 1. The monoisotopic (exact) mass is 421 g/mol. The Hall–Kier alpha value is -2.61. The standard InChI is InChI=1S/C23H20NOP.C2H6.H2S/c1-3-10-20(4-2)26(25,21-11-6-5-7-12-21)22-16-14-19(15-17-22)23-13-8-9-18-24-23;1-2;/h3-18H,1-2H2;1-2H3;1H2/b20-10+;;. The Bertz CT molecular complexity index is 980. The summed E-state index contributed by atoms with van der Waals surface area (Å²) in [5, 5.41) is 2.21. The van der Waals surface area contributed by atoms with Gasteiger partial charge in [-0.25, -0.2) is 0 Å². The predicted octanol–water partition coefficient (Wildman–Crippen LogP) is 6.46. The van der Waals surface area contributed by atoms with Crippen LogP contribution in [0.15, 0.2) is 116 Å². The molecule has 2 aromatic carbocycles. The molecule has 2 nitrogen and oxygen atoms in total. The molecule has 0 bridgehead atoms. The Morgan fingerprint density at radius 1 is 0.862 bits per heavy atom. The number of allylic oxidation sites excluding steroid dienone is 4. The molecule has 1 aromatic heterocycles. The summed E-state index contributed by atoms with van der Waals surface area (Å²) >= 11 is 0. The molecule has 1 atom stereocenters. The van der Waals surface area contributed by atoms with Gasteiger partial charge < -0.3 is 4.57 Å². The van der Waals surface area contributed by atoms with Crippen LogP contribution in [0.5, 0.6) is 0 Å². The maximum Gasteiger partial charge on any atom is 0.170 e. The van der Waals surface area contributed by atoms with Crippen molar-refractivity contribution in [1.29, 1.82) is 0 Å². The fourth-order valence-corrected chi connectivity index (χ4v) is 5.51. The second kappa shape index (κ2) is 12.1. The Labute approximate surface area is 181 Å². The van der Waals surface area contributed by atoms with Gasteiger partial charge in [-0.05, 0) is 12.1 Å². The van der Waals surface area contributed by atoms with Crippen LogP contribution in [0.1, 0.15) is 13.8 Å². The van der Waals surface area contributed by atoms with E-state index in [-0.39, 0.29) is 13.5 Å². The second-order valence-electron chi connectivity index (χ2n) is 5.74. The third-order valence-corrected chi connectivity index (χ3v) is 7.28. The van der Waals surface area contributed by atoms with Crippen molar-refractivity contribution in [3.8, 4) is 11.3 Å². The fourth-order valence-electron chi connectivity index (χ4n) is 2.88. The van der Waals surface area contributed by atoms with Crippen LogP contribution in [-0.4, -0.2) is 4.98 Å². The molecule has 0 fully saturated rings. The molecule has 0 spiro atoms. The Morgan fingerprint density at radius 3 is 1.97 bits per heavy atom. The van der Waals surface area contributed by atoms with Gasteiger partial charge in [-0.15, -0.1) is 0 Å². The zero-order valence-electron chi connectivity index (χ0n) is 17.0. The van der Waals surface area contributed by atoms with Crippen molar-refractivity contribution >= 4 is 31.2 Å². The molecule has 0 aliphatic heterocycles. The minimum atomic E-state index is -3.01. The first kappa shape index (κ1) is 24.4. The van der Waals surface area contributed by atoms with E-state index in [1.807, 2.05) is 86.6 Å². The van der Waals surface area contributed by atoms with Gasteiger partial charge in [0.1, 0.15) is 0 Å². The topological polar surface area (TPSA) is 30.0 Å². The summed E-state index contributed by atoms with van der Waals surface area (Å²) in [6, 6.07) is 23.1. The van der Waals surface area contributed by atoms with E-state index in [0.717, 1.165) is 21.9 Å². The summed E-state index contributed by atoms with van der Waals surface area (Å²) in [4.78, 5) is 4.37. The highest BCUT2D eigenvalue weighted by Gasteiger charge is 2.30. The highest BCUT2D eigenvalue weighted by Crippen LogP contribution is 2.52. The number of benzene rings is 2. The molecule has 29 heavy (non-hydrogen) atoms. The fraction of sp³-hybridized carbons (Fsp3) is 0.0800. The average Bonchev–Trinajstić information content (AvgIpc) is 2.79. The lowest BCUT2D eigenvalue weighted by atomic mass is 10.1. The molecule has 0 saturated carbocycles. The Morgan fingerprint density at radius 2 is 1.45 bits per heavy atom. The summed E-state index contributed by atoms with van der Waals surface area (Å²) in [6.07, 6.45) is 6.84. The maximum absolute atomic E-state index is 14.2. The highest BCUT2D eigenvalue weighted by atomic mass is 32.1. The van der Waals surface area contributed by atoms with Gasteiger partial charge in [0.05, 0.1) is 5.69 Å². The first-order chi connectivity index (χ1) is 13.7. The van der Waals surface area contributed by atoms with E-state index < -0.39 is 7.14 Å². The average molecular weight is 422 g/mol. The first-order valence-electron chi connectivity index (χ1n) is 9.33. The van der Waals surface area contributed by atoms with Crippen molar-refractivity contribution in [2.24, 2.45) is 0 Å². The van der Waals surface area contributed by atoms with E-state index in [4.69, 9.17) is 0 Å². The van der Waals surface area contributed by atoms with Crippen molar-refractivity contribution in [3.63, 3.8) is 0 Å². The van der Waals surface area contributed by atoms with Crippen LogP contribution in [0.3, 0.4) is 0 Å². The molecule has 0 aliphatic carbocycles. The lowest BCUT2D eigenvalue weighted by Crippen LogP contribution is -2.17. The molecule has 1 heterocycles. The van der Waals surface area contributed by atoms with Gasteiger partial charge in [0.25, 0.3) is 0 Å². The number of hydrogen-bond acceptors (Lipinski definition) is 2. The molecule has 0 radical (unpaired) electrons. The third-order valence-electron chi connectivity index (χ3n) is 4.17. The largest absolute Gasteiger partial charge is 0.309 e. The van der Waals surface area contributed by atoms with Gasteiger partial charge in [-0.2, -0.15) is 13.5 Å². The summed E-state index contributed by atoms with van der Waals surface area (Å²) in [6.45, 7) is 11.6. The SMILES string of the molecule is C=C/C=C(\C=C)P(=O)(c1ccccc1)c1ccc(-c2ccccn2)cc1.CC.S. The summed E-state index contributed by atoms with van der Waals surface area (Å²) in [7, 11) is -3.01. The van der Waals surface area contributed by atoms with Gasteiger partial charge in [0, 0.05) is 27.7 Å². The molecule has 0 N–H and O–H groups in total. The van der Waals surface area contributed by atoms with Gasteiger partial charge in [0.2, 0.25) is 0 Å². The van der Waals surface area contributed by atoms with Gasteiger partial charge in [-0.1, -0.05) is 106 Å². The van der Waals surface area contributed by atoms with Crippen LogP contribution in [0, 0.1) is 0 Å². The van der Waals surface area contributed by atoms with E-state index in [0.29, 0.717) is 5.31 Å². The van der Waals surface area contributed by atoms with Crippen molar-refractivity contribution in [2.45, 2.75) is 13.8 Å². The van der Waals surface area contributed by atoms with E-state index in [1.165, 1.54) is 0 Å². The zero-order chi connectivity index (χ0) is 20.4. The molecule has 4 heteroatoms. The summed E-state index contributed by atoms with van der Waals surface area (Å²) in [5.41, 5.74) is 1.88. The molecule has 0 amide bonds. The number of aromatic nitrogens is 1. The van der Waals surface area contributed by atoms with E-state index in [2.05, 4.69) is 18.1 Å². The van der Waals surface area contributed by atoms with Gasteiger partial charge in [0.15, 0.2) is 7.14 Å². The molecule has 0 aliphatic rings. The van der Waals surface area contributed by atoms with Crippen molar-refractivity contribution in [3.05, 3.63) is 116 Å². The summed E-state index contributed by atoms with van der Waals surface area (Å²) in [5.74, 6) is 0. The van der Waals surface area contributed by atoms with E-state index in [1.54, 1.807) is 24.4 Å². The Balaban J connectivity index is 0.00000136. The first-order valence-corrected chi connectivity index (χ1v) is 11.0. The van der Waals surface area contributed by atoms with Crippen LogP contribution in [0.2, 0.25) is 0 Å². The molecule has 0 saturated heterocycles. The quantitative estimate of drug-likeness (QED) is 0.338. The normalized spacial score (nSPS) is 12.4. The second-order valence-corrected chi connectivity index (χ2v) is 8.51. The minimum Gasteiger partial charge on any atom is -0.309 e. The summed E-state index contributed by atoms with van der Waals surface area (Å²) < 4.78 is 14.2. The number of hydrogen-bond donors (Lipinski definition) is 0. The van der Waals surface area contributed by atoms with Crippen LogP contribution >= 0.6 is 20.6 Å². The molecule has 1 unspecified atom stereocenters. The van der Waals surface area contributed by atoms with E-state index >= 15 is 0 Å². The van der Waals surface area contributed by atoms with Crippen LogP contribution in [0.4, 0.5) is 0 Å². The minimum absolute atomic E-state index is 0. The van der Waals surface area contributed by atoms with E-state index in [9.17, 15) is 4.57 Å².